The second kappa shape index (κ2) is 13.8. The molecule has 2 aromatic rings. The summed E-state index contributed by atoms with van der Waals surface area (Å²) in [6.45, 7) is 8.24. The van der Waals surface area contributed by atoms with Crippen LogP contribution in [-0.2, 0) is 22.2 Å². The van der Waals surface area contributed by atoms with Crippen molar-refractivity contribution in [2.24, 2.45) is 23.7 Å². The zero-order valence-corrected chi connectivity index (χ0v) is 26.5. The van der Waals surface area contributed by atoms with Crippen molar-refractivity contribution in [1.82, 2.24) is 4.72 Å². The molecule has 2 heterocycles. The van der Waals surface area contributed by atoms with Crippen molar-refractivity contribution in [3.05, 3.63) is 70.3 Å². The number of anilines is 1. The van der Waals surface area contributed by atoms with E-state index in [1.54, 1.807) is 6.07 Å². The highest BCUT2D eigenvalue weighted by Gasteiger charge is 2.38. The lowest BCUT2D eigenvalue weighted by atomic mass is 9.65. The summed E-state index contributed by atoms with van der Waals surface area (Å²) in [7, 11) is -1.53. The van der Waals surface area contributed by atoms with Gasteiger partial charge in [-0.2, -0.15) is 0 Å². The number of nitrogens with zero attached hydrogens (tertiary/aromatic N) is 1. The van der Waals surface area contributed by atoms with Crippen molar-refractivity contribution in [2.45, 2.75) is 70.5 Å². The van der Waals surface area contributed by atoms with Crippen molar-refractivity contribution in [3.63, 3.8) is 0 Å². The number of hydrogen-bond acceptors (Lipinski definition) is 5. The number of rotatable bonds is 5. The lowest BCUT2D eigenvalue weighted by molar-refractivity contribution is -0.109. The maximum absolute atomic E-state index is 13.3. The smallest absolute Gasteiger partial charge is 0.263 e. The van der Waals surface area contributed by atoms with Crippen LogP contribution >= 0.6 is 11.6 Å². The van der Waals surface area contributed by atoms with Gasteiger partial charge in [-0.1, -0.05) is 50.1 Å². The summed E-state index contributed by atoms with van der Waals surface area (Å²) in [5, 5.41) is 0.527. The third-order valence-electron chi connectivity index (χ3n) is 9.58. The van der Waals surface area contributed by atoms with Gasteiger partial charge in [0.25, 0.3) is 5.91 Å². The minimum atomic E-state index is -1.53. The van der Waals surface area contributed by atoms with Gasteiger partial charge >= 0.3 is 0 Å². The second-order valence-corrected chi connectivity index (χ2v) is 14.3. The molecule has 2 aliphatic heterocycles. The van der Waals surface area contributed by atoms with E-state index in [0.717, 1.165) is 67.9 Å². The van der Waals surface area contributed by atoms with Gasteiger partial charge in [-0.25, -0.2) is 4.21 Å². The molecule has 1 amide bonds. The van der Waals surface area contributed by atoms with E-state index in [9.17, 15) is 13.8 Å². The Bertz CT molecular complexity index is 1350. The molecule has 1 N–H and O–H groups in total. The fraction of sp³-hybridized carbons (Fsp3) is 0.529. The Morgan fingerprint density at radius 3 is 2.71 bits per heavy atom. The van der Waals surface area contributed by atoms with E-state index < -0.39 is 11.0 Å². The Labute approximate surface area is 257 Å². The van der Waals surface area contributed by atoms with Crippen LogP contribution < -0.4 is 14.4 Å². The fourth-order valence-electron chi connectivity index (χ4n) is 6.74. The molecule has 1 aliphatic carbocycles. The quantitative estimate of drug-likeness (QED) is 0.295. The van der Waals surface area contributed by atoms with Gasteiger partial charge in [-0.05, 0) is 97.7 Å². The first-order valence-corrected chi connectivity index (χ1v) is 17.0. The number of halogens is 1. The predicted octanol–water partition coefficient (Wildman–Crippen LogP) is 6.88. The number of aryl methyl sites for hydroxylation is 1. The van der Waals surface area contributed by atoms with Crippen LogP contribution in [0.2, 0.25) is 5.02 Å². The molecule has 226 valence electrons. The Morgan fingerprint density at radius 1 is 1.14 bits per heavy atom. The third-order valence-corrected chi connectivity index (χ3v) is 11.3. The number of nitrogens with one attached hydrogen (secondary N) is 1. The van der Waals surface area contributed by atoms with Crippen molar-refractivity contribution in [1.29, 1.82) is 0 Å². The molecule has 5 rings (SSSR count). The van der Waals surface area contributed by atoms with E-state index in [1.165, 1.54) is 11.1 Å². The van der Waals surface area contributed by atoms with Crippen LogP contribution in [0, 0.1) is 23.7 Å². The van der Waals surface area contributed by atoms with Crippen LogP contribution in [0.4, 0.5) is 5.69 Å². The van der Waals surface area contributed by atoms with Crippen LogP contribution in [0.1, 0.15) is 80.3 Å². The molecule has 0 radical (unpaired) electrons. The lowest BCUT2D eigenvalue weighted by Gasteiger charge is -2.44. The number of benzene rings is 2. The predicted molar refractivity (Wildman–Crippen MR) is 171 cm³/mol. The van der Waals surface area contributed by atoms with Gasteiger partial charge in [-0.15, -0.1) is 0 Å². The summed E-state index contributed by atoms with van der Waals surface area (Å²) in [6, 6.07) is 11.7. The van der Waals surface area contributed by atoms with Crippen LogP contribution in [0.5, 0.6) is 5.75 Å². The van der Waals surface area contributed by atoms with E-state index in [4.69, 9.17) is 16.3 Å². The van der Waals surface area contributed by atoms with Gasteiger partial charge < -0.3 is 14.4 Å². The number of fused-ring (bicyclic) bond motifs is 2. The zero-order valence-electron chi connectivity index (χ0n) is 24.9. The van der Waals surface area contributed by atoms with E-state index in [-0.39, 0.29) is 28.9 Å². The summed E-state index contributed by atoms with van der Waals surface area (Å²) in [4.78, 5) is 27.4. The van der Waals surface area contributed by atoms with E-state index >= 15 is 0 Å². The summed E-state index contributed by atoms with van der Waals surface area (Å²) < 4.78 is 22.3. The number of ether oxygens (including phenoxy) is 1. The number of amides is 1. The van der Waals surface area contributed by atoms with Crippen molar-refractivity contribution >= 4 is 40.5 Å². The maximum Gasteiger partial charge on any atom is 0.263 e. The highest BCUT2D eigenvalue weighted by molar-refractivity contribution is 7.84. The lowest BCUT2D eigenvalue weighted by Crippen LogP contribution is -2.42. The molecule has 0 aromatic heterocycles. The molecule has 7 unspecified atom stereocenters. The van der Waals surface area contributed by atoms with Gasteiger partial charge in [0.2, 0.25) is 0 Å². The van der Waals surface area contributed by atoms with Crippen LogP contribution in [0.15, 0.2) is 48.6 Å². The highest BCUT2D eigenvalue weighted by Crippen LogP contribution is 2.45. The average molecular weight is 611 g/mol. The summed E-state index contributed by atoms with van der Waals surface area (Å²) in [5.41, 5.74) is 3.87. The summed E-state index contributed by atoms with van der Waals surface area (Å²) in [5.74, 6) is 1.70. The average Bonchev–Trinajstić information content (AvgIpc) is 3.13. The highest BCUT2D eigenvalue weighted by atomic mass is 35.5. The van der Waals surface area contributed by atoms with E-state index in [0.29, 0.717) is 30.4 Å². The molecule has 3 aliphatic rings. The standard InChI is InChI=1S/C34H43ClN2O4S/c1-4-6-25-17-29(35)11-13-31(25)28-20-37-19-27-9-12-30(27)24(15-16-38)8-5-7-22(2)23(3)42(40)36-34(39)26-10-14-33(41-21-28)32(37)18-26/h5,8,10-11,13-14,16-18,22-24,27-28,30H,4,6-7,9,12,15,19-21H2,1-3H3,(H,36,39)/b8-5+. The molecule has 2 bridgehead atoms. The molecule has 1 fully saturated rings. The monoisotopic (exact) mass is 610 g/mol. The Morgan fingerprint density at radius 2 is 1.98 bits per heavy atom. The largest absolute Gasteiger partial charge is 0.491 e. The minimum absolute atomic E-state index is 0.114. The number of hydrogen-bond donors (Lipinski definition) is 1. The molecule has 42 heavy (non-hydrogen) atoms. The zero-order chi connectivity index (χ0) is 29.8. The van der Waals surface area contributed by atoms with Gasteiger partial charge in [0.05, 0.1) is 17.5 Å². The van der Waals surface area contributed by atoms with Crippen LogP contribution in [0.25, 0.3) is 0 Å². The molecule has 1 saturated carbocycles. The molecule has 0 spiro atoms. The van der Waals surface area contributed by atoms with Crippen LogP contribution in [0.3, 0.4) is 0 Å². The Kier molecular flexibility index (Phi) is 10.1. The molecule has 2 aromatic carbocycles. The Hall–Kier alpha value is -2.64. The van der Waals surface area contributed by atoms with Crippen molar-refractivity contribution in [2.75, 3.05) is 24.6 Å². The van der Waals surface area contributed by atoms with Crippen molar-refractivity contribution < 1.29 is 18.5 Å². The SMILES string of the molecule is CCCc1cc(Cl)ccc1C1COc2ccc3cc2N(C1)CC1CCC1C(CC=O)/C=C/CC(C)C(C)S(=O)NC3=O. The maximum atomic E-state index is 13.3. The van der Waals surface area contributed by atoms with Gasteiger partial charge in [-0.3, -0.25) is 9.52 Å². The molecule has 0 saturated heterocycles. The first-order chi connectivity index (χ1) is 20.3. The van der Waals surface area contributed by atoms with Gasteiger partial charge in [0.15, 0.2) is 0 Å². The third kappa shape index (κ3) is 6.78. The molecular weight excluding hydrogens is 568 g/mol. The molecule has 6 nitrogen and oxygen atoms in total. The van der Waals surface area contributed by atoms with E-state index in [2.05, 4.69) is 47.8 Å². The summed E-state index contributed by atoms with van der Waals surface area (Å²) >= 11 is 6.40. The molecular formula is C34H43ClN2O4S. The van der Waals surface area contributed by atoms with E-state index in [1.807, 2.05) is 25.1 Å². The first-order valence-electron chi connectivity index (χ1n) is 15.4. The number of carbonyl (C=O) groups is 2. The normalized spacial score (nSPS) is 30.6. The molecule has 7 atom stereocenters. The van der Waals surface area contributed by atoms with Crippen molar-refractivity contribution in [3.8, 4) is 5.75 Å². The summed E-state index contributed by atoms with van der Waals surface area (Å²) in [6.07, 6.45) is 10.9. The Balaban J connectivity index is 1.54. The number of allylic oxidation sites excluding steroid dienone is 2. The van der Waals surface area contributed by atoms with Gasteiger partial charge in [0.1, 0.15) is 23.0 Å². The topological polar surface area (TPSA) is 75.7 Å². The van der Waals surface area contributed by atoms with Crippen LogP contribution in [-0.4, -0.2) is 41.3 Å². The number of aldehydes is 1. The first kappa shape index (κ1) is 30.8. The minimum Gasteiger partial charge on any atom is -0.491 e. The molecule has 8 heteroatoms. The second-order valence-electron chi connectivity index (χ2n) is 12.3. The van der Waals surface area contributed by atoms with Gasteiger partial charge in [0, 0.05) is 36.0 Å². The number of carbonyl (C=O) groups excluding carboxylic acids is 2. The fourth-order valence-corrected chi connectivity index (χ4v) is 7.96.